The lowest BCUT2D eigenvalue weighted by Gasteiger charge is -2.13. The number of aliphatic hydroxyl groups excluding tert-OH is 1. The number of H-pyrrole nitrogens is 1. The van der Waals surface area contributed by atoms with Gasteiger partial charge < -0.3 is 20.6 Å². The molecule has 0 aliphatic rings. The Balaban J connectivity index is 0.00000127. The molecule has 0 aliphatic carbocycles. The van der Waals surface area contributed by atoms with Crippen LogP contribution in [0, 0.1) is 0 Å². The Labute approximate surface area is 138 Å². The number of ether oxygens (including phenoxy) is 1. The largest absolute Gasteiger partial charge is 0.491 e. The molecule has 1 atom stereocenters. The van der Waals surface area contributed by atoms with Gasteiger partial charge in [0.1, 0.15) is 12.4 Å². The first kappa shape index (κ1) is 18.6. The molecule has 1 aromatic heterocycles. The van der Waals surface area contributed by atoms with E-state index in [1.54, 1.807) is 6.08 Å². The van der Waals surface area contributed by atoms with E-state index in [0.717, 1.165) is 17.0 Å². The molecule has 0 aliphatic heterocycles. The van der Waals surface area contributed by atoms with Crippen molar-refractivity contribution in [3.63, 3.8) is 0 Å². The van der Waals surface area contributed by atoms with E-state index >= 15 is 0 Å². The van der Waals surface area contributed by atoms with Crippen LogP contribution in [-0.4, -0.2) is 23.3 Å². The highest BCUT2D eigenvalue weighted by atomic mass is 16.5. The SMILES string of the molecule is CC.N/C=C\C=C\C(c1ccc(OCCO)cc1)c1ccc[nH]1. The van der Waals surface area contributed by atoms with Crippen LogP contribution in [0.25, 0.3) is 0 Å². The molecule has 0 bridgehead atoms. The third-order valence-electron chi connectivity index (χ3n) is 3.08. The number of aromatic amines is 1. The lowest BCUT2D eigenvalue weighted by molar-refractivity contribution is 0.201. The van der Waals surface area contributed by atoms with Gasteiger partial charge in [0, 0.05) is 17.8 Å². The molecular weight excluding hydrogens is 288 g/mol. The molecule has 0 radical (unpaired) electrons. The zero-order valence-corrected chi connectivity index (χ0v) is 13.8. The Morgan fingerprint density at radius 2 is 1.91 bits per heavy atom. The molecule has 0 fully saturated rings. The normalized spacial score (nSPS) is 12.1. The summed E-state index contributed by atoms with van der Waals surface area (Å²) in [6.07, 6.45) is 9.23. The molecule has 0 saturated carbocycles. The zero-order valence-electron chi connectivity index (χ0n) is 13.8. The highest BCUT2D eigenvalue weighted by Crippen LogP contribution is 2.26. The molecule has 1 heterocycles. The standard InChI is InChI=1S/C17H20N2O2.C2H6/c18-10-2-1-4-16(17-5-3-11-19-17)14-6-8-15(9-7-14)21-13-12-20;1-2/h1-11,16,19-20H,12-13,18H2;1-2H3/b4-1+,10-2-;. The second kappa shape index (κ2) is 11.2. The van der Waals surface area contributed by atoms with Gasteiger partial charge in [-0.3, -0.25) is 0 Å². The molecule has 4 heteroatoms. The summed E-state index contributed by atoms with van der Waals surface area (Å²) in [6, 6.07) is 11.9. The number of allylic oxidation sites excluding steroid dienone is 3. The summed E-state index contributed by atoms with van der Waals surface area (Å²) in [5.41, 5.74) is 7.62. The minimum Gasteiger partial charge on any atom is -0.491 e. The minimum absolute atomic E-state index is 0.0149. The van der Waals surface area contributed by atoms with Crippen molar-refractivity contribution >= 4 is 0 Å². The Hall–Kier alpha value is -2.46. The number of aromatic nitrogens is 1. The Bertz CT molecular complexity index is 572. The summed E-state index contributed by atoms with van der Waals surface area (Å²) in [4.78, 5) is 3.24. The molecule has 0 spiro atoms. The number of hydrogen-bond donors (Lipinski definition) is 3. The van der Waals surface area contributed by atoms with Crippen molar-refractivity contribution in [2.75, 3.05) is 13.2 Å². The number of aliphatic hydroxyl groups is 1. The summed E-state index contributed by atoms with van der Waals surface area (Å²) in [7, 11) is 0. The first-order chi connectivity index (χ1) is 11.3. The first-order valence-electron chi connectivity index (χ1n) is 7.87. The molecule has 4 N–H and O–H groups in total. The Kier molecular flexibility index (Phi) is 9.01. The molecule has 124 valence electrons. The predicted molar refractivity (Wildman–Crippen MR) is 95.5 cm³/mol. The molecule has 23 heavy (non-hydrogen) atoms. The van der Waals surface area contributed by atoms with E-state index < -0.39 is 0 Å². The molecule has 4 nitrogen and oxygen atoms in total. The van der Waals surface area contributed by atoms with Crippen molar-refractivity contribution in [2.24, 2.45) is 5.73 Å². The van der Waals surface area contributed by atoms with Gasteiger partial charge in [0.2, 0.25) is 0 Å². The lowest BCUT2D eigenvalue weighted by atomic mass is 9.95. The third-order valence-corrected chi connectivity index (χ3v) is 3.08. The van der Waals surface area contributed by atoms with Gasteiger partial charge in [0.15, 0.2) is 0 Å². The van der Waals surface area contributed by atoms with Crippen molar-refractivity contribution < 1.29 is 9.84 Å². The fourth-order valence-corrected chi connectivity index (χ4v) is 2.11. The van der Waals surface area contributed by atoms with E-state index in [9.17, 15) is 0 Å². The maximum atomic E-state index is 8.76. The fourth-order valence-electron chi connectivity index (χ4n) is 2.11. The summed E-state index contributed by atoms with van der Waals surface area (Å²) in [5.74, 6) is 0.881. The third kappa shape index (κ3) is 6.04. The van der Waals surface area contributed by atoms with Crippen LogP contribution in [0.3, 0.4) is 0 Å². The molecule has 1 aromatic carbocycles. The molecule has 2 aromatic rings. The highest BCUT2D eigenvalue weighted by molar-refractivity contribution is 5.37. The predicted octanol–water partition coefficient (Wildman–Crippen LogP) is 3.57. The number of rotatable bonds is 7. The van der Waals surface area contributed by atoms with E-state index in [2.05, 4.69) is 17.1 Å². The summed E-state index contributed by atoms with van der Waals surface area (Å²) < 4.78 is 5.38. The van der Waals surface area contributed by atoms with E-state index in [1.165, 1.54) is 6.20 Å². The molecule has 2 rings (SSSR count). The van der Waals surface area contributed by atoms with Crippen molar-refractivity contribution in [1.82, 2.24) is 4.98 Å². The van der Waals surface area contributed by atoms with Crippen molar-refractivity contribution in [1.29, 1.82) is 0 Å². The maximum absolute atomic E-state index is 8.76. The Morgan fingerprint density at radius 3 is 2.48 bits per heavy atom. The topological polar surface area (TPSA) is 71.3 Å². The van der Waals surface area contributed by atoms with E-state index in [-0.39, 0.29) is 12.5 Å². The van der Waals surface area contributed by atoms with E-state index in [0.29, 0.717) is 6.61 Å². The number of benzene rings is 1. The van der Waals surface area contributed by atoms with Crippen LogP contribution in [0.15, 0.2) is 67.0 Å². The van der Waals surface area contributed by atoms with E-state index in [4.69, 9.17) is 15.6 Å². The van der Waals surface area contributed by atoms with Gasteiger partial charge in [-0.1, -0.05) is 38.1 Å². The number of hydrogen-bond acceptors (Lipinski definition) is 3. The fraction of sp³-hybridized carbons (Fsp3) is 0.263. The molecule has 0 saturated heterocycles. The van der Waals surface area contributed by atoms with Crippen LogP contribution in [-0.2, 0) is 0 Å². The van der Waals surface area contributed by atoms with Gasteiger partial charge in [0.05, 0.1) is 6.61 Å². The van der Waals surface area contributed by atoms with Crippen LogP contribution >= 0.6 is 0 Å². The minimum atomic E-state index is 0.0149. The monoisotopic (exact) mass is 314 g/mol. The van der Waals surface area contributed by atoms with Crippen LogP contribution in [0.5, 0.6) is 5.75 Å². The van der Waals surface area contributed by atoms with Crippen molar-refractivity contribution in [2.45, 2.75) is 19.8 Å². The van der Waals surface area contributed by atoms with Crippen molar-refractivity contribution in [3.05, 3.63) is 78.3 Å². The van der Waals surface area contributed by atoms with Gasteiger partial charge in [-0.05, 0) is 42.1 Å². The smallest absolute Gasteiger partial charge is 0.119 e. The van der Waals surface area contributed by atoms with Gasteiger partial charge >= 0.3 is 0 Å². The summed E-state index contributed by atoms with van der Waals surface area (Å²) >= 11 is 0. The molecular formula is C19H26N2O2. The molecule has 1 unspecified atom stereocenters. The number of nitrogens with two attached hydrogens (primary N) is 1. The Morgan fingerprint density at radius 1 is 1.17 bits per heavy atom. The number of nitrogens with one attached hydrogen (secondary N) is 1. The average molecular weight is 314 g/mol. The van der Waals surface area contributed by atoms with Crippen LogP contribution < -0.4 is 10.5 Å². The summed E-state index contributed by atoms with van der Waals surface area (Å²) in [6.45, 7) is 4.32. The van der Waals surface area contributed by atoms with Crippen LogP contribution in [0.1, 0.15) is 31.0 Å². The van der Waals surface area contributed by atoms with Crippen LogP contribution in [0.2, 0.25) is 0 Å². The van der Waals surface area contributed by atoms with Gasteiger partial charge in [0.25, 0.3) is 0 Å². The molecule has 0 amide bonds. The van der Waals surface area contributed by atoms with Gasteiger partial charge in [-0.15, -0.1) is 0 Å². The quantitative estimate of drug-likeness (QED) is 0.684. The average Bonchev–Trinajstić information content (AvgIpc) is 3.14. The summed E-state index contributed by atoms with van der Waals surface area (Å²) in [5, 5.41) is 8.76. The first-order valence-corrected chi connectivity index (χ1v) is 7.87. The highest BCUT2D eigenvalue weighted by Gasteiger charge is 2.11. The van der Waals surface area contributed by atoms with Gasteiger partial charge in [-0.25, -0.2) is 0 Å². The maximum Gasteiger partial charge on any atom is 0.119 e. The second-order valence-corrected chi connectivity index (χ2v) is 4.51. The van der Waals surface area contributed by atoms with Crippen LogP contribution in [0.4, 0.5) is 0 Å². The second-order valence-electron chi connectivity index (χ2n) is 4.51. The van der Waals surface area contributed by atoms with Gasteiger partial charge in [-0.2, -0.15) is 0 Å². The van der Waals surface area contributed by atoms with E-state index in [1.807, 2.05) is 56.5 Å². The van der Waals surface area contributed by atoms with Crippen molar-refractivity contribution in [3.8, 4) is 5.75 Å². The lowest BCUT2D eigenvalue weighted by Crippen LogP contribution is -2.02. The zero-order chi connectivity index (χ0) is 16.9.